The first-order valence-electron chi connectivity index (χ1n) is 12.2. The third-order valence-corrected chi connectivity index (χ3v) is 9.81. The van der Waals surface area contributed by atoms with E-state index in [-0.39, 0.29) is 0 Å². The second-order valence-electron chi connectivity index (χ2n) is 9.80. The lowest BCUT2D eigenvalue weighted by Gasteiger charge is -2.06. The molecule has 0 N–H and O–H groups in total. The molecule has 0 saturated heterocycles. The summed E-state index contributed by atoms with van der Waals surface area (Å²) in [5.74, 6) is 0. The quantitative estimate of drug-likeness (QED) is 0.205. The molecule has 0 bridgehead atoms. The monoisotopic (exact) mass is 500 g/mol. The molecule has 0 aliphatic carbocycles. The molecule has 4 heterocycles. The summed E-state index contributed by atoms with van der Waals surface area (Å²) in [7, 11) is 2.15. The van der Waals surface area contributed by atoms with Crippen molar-refractivity contribution >= 4 is 85.0 Å². The third kappa shape index (κ3) is 2.69. The number of rotatable bonds is 1. The highest BCUT2D eigenvalue weighted by molar-refractivity contribution is 7.27. The van der Waals surface area contributed by atoms with Gasteiger partial charge in [0, 0.05) is 52.5 Å². The van der Waals surface area contributed by atoms with Crippen LogP contribution < -0.4 is 4.57 Å². The maximum atomic E-state index is 6.57. The fourth-order valence-corrected chi connectivity index (χ4v) is 8.16. The molecule has 4 aromatic heterocycles. The number of furan rings is 1. The smallest absolute Gasteiger partial charge is 0.234 e. The van der Waals surface area contributed by atoms with Gasteiger partial charge in [-0.25, -0.2) is 0 Å². The van der Waals surface area contributed by atoms with Gasteiger partial charge >= 0.3 is 0 Å². The molecule has 2 nitrogen and oxygen atoms in total. The minimum Gasteiger partial charge on any atom is -0.455 e. The first kappa shape index (κ1) is 20.5. The average molecular weight is 501 g/mol. The van der Waals surface area contributed by atoms with Crippen molar-refractivity contribution in [3.05, 3.63) is 90.1 Å². The van der Waals surface area contributed by atoms with Gasteiger partial charge in [0.1, 0.15) is 22.9 Å². The molecule has 0 atom stereocenters. The van der Waals surface area contributed by atoms with Gasteiger partial charge in [0.25, 0.3) is 0 Å². The number of aromatic nitrogens is 1. The Hall–Kier alpha value is -3.73. The minimum absolute atomic E-state index is 0.954. The zero-order chi connectivity index (χ0) is 24.1. The van der Waals surface area contributed by atoms with Crippen LogP contribution in [0, 0.1) is 13.8 Å². The van der Waals surface area contributed by atoms with Gasteiger partial charge in [-0.2, -0.15) is 4.57 Å². The molecule has 8 aromatic rings. The SMILES string of the molecule is Cc1ccc2c(c1)oc1c(-c3c4sc5cc6c(cc5c4cc[n+]3C)sc3ccccc36)c(C)ccc12. The summed E-state index contributed by atoms with van der Waals surface area (Å²) in [5.41, 5.74) is 6.78. The van der Waals surface area contributed by atoms with Crippen molar-refractivity contribution in [2.24, 2.45) is 7.05 Å². The van der Waals surface area contributed by atoms with E-state index in [1.165, 1.54) is 73.5 Å². The number of benzene rings is 4. The second kappa shape index (κ2) is 7.16. The Kier molecular flexibility index (Phi) is 4.07. The summed E-state index contributed by atoms with van der Waals surface area (Å²) >= 11 is 3.78. The lowest BCUT2D eigenvalue weighted by atomic mass is 9.99. The van der Waals surface area contributed by atoms with E-state index >= 15 is 0 Å². The predicted octanol–water partition coefficient (Wildman–Crippen LogP) is 9.43. The van der Waals surface area contributed by atoms with E-state index in [9.17, 15) is 0 Å². The second-order valence-corrected chi connectivity index (χ2v) is 11.9. The van der Waals surface area contributed by atoms with Gasteiger partial charge in [0.2, 0.25) is 5.69 Å². The average Bonchev–Trinajstić information content (AvgIpc) is 3.53. The predicted molar refractivity (Wildman–Crippen MR) is 156 cm³/mol. The molecule has 36 heavy (non-hydrogen) atoms. The normalized spacial score (nSPS) is 12.3. The Bertz CT molecular complexity index is 2190. The van der Waals surface area contributed by atoms with Gasteiger partial charge in [-0.15, -0.1) is 22.7 Å². The van der Waals surface area contributed by atoms with Crippen molar-refractivity contribution in [1.29, 1.82) is 0 Å². The topological polar surface area (TPSA) is 17.0 Å². The van der Waals surface area contributed by atoms with Crippen LogP contribution in [0.5, 0.6) is 0 Å². The van der Waals surface area contributed by atoms with Gasteiger partial charge in [0.05, 0.1) is 5.56 Å². The lowest BCUT2D eigenvalue weighted by Crippen LogP contribution is -2.30. The molecule has 0 radical (unpaired) electrons. The van der Waals surface area contributed by atoms with Crippen molar-refractivity contribution < 1.29 is 8.98 Å². The van der Waals surface area contributed by atoms with E-state index in [1.807, 2.05) is 22.7 Å². The Balaban J connectivity index is 1.49. The van der Waals surface area contributed by atoms with Crippen LogP contribution in [0.4, 0.5) is 0 Å². The Morgan fingerprint density at radius 2 is 1.44 bits per heavy atom. The van der Waals surface area contributed by atoms with Crippen LogP contribution in [0.2, 0.25) is 0 Å². The van der Waals surface area contributed by atoms with Crippen LogP contribution in [0.15, 0.2) is 83.4 Å². The van der Waals surface area contributed by atoms with Gasteiger partial charge in [-0.3, -0.25) is 0 Å². The number of hydrogen-bond donors (Lipinski definition) is 0. The van der Waals surface area contributed by atoms with Crippen LogP contribution >= 0.6 is 22.7 Å². The number of pyridine rings is 1. The molecule has 0 spiro atoms. The summed E-state index contributed by atoms with van der Waals surface area (Å²) in [4.78, 5) is 0. The highest BCUT2D eigenvalue weighted by Crippen LogP contribution is 2.45. The summed E-state index contributed by atoms with van der Waals surface area (Å²) < 4.78 is 14.2. The highest BCUT2D eigenvalue weighted by atomic mass is 32.1. The van der Waals surface area contributed by atoms with Crippen molar-refractivity contribution in [2.75, 3.05) is 0 Å². The van der Waals surface area contributed by atoms with Crippen LogP contribution in [-0.4, -0.2) is 0 Å². The molecule has 0 aliphatic rings. The first-order valence-corrected chi connectivity index (χ1v) is 13.8. The van der Waals surface area contributed by atoms with Crippen molar-refractivity contribution in [1.82, 2.24) is 0 Å². The maximum absolute atomic E-state index is 6.57. The number of aryl methyl sites for hydroxylation is 3. The number of hydrogen-bond acceptors (Lipinski definition) is 3. The van der Waals surface area contributed by atoms with E-state index < -0.39 is 0 Å². The highest BCUT2D eigenvalue weighted by Gasteiger charge is 2.25. The minimum atomic E-state index is 0.954. The molecule has 0 aliphatic heterocycles. The van der Waals surface area contributed by atoms with E-state index in [0.717, 1.165) is 11.2 Å². The zero-order valence-electron chi connectivity index (χ0n) is 20.2. The van der Waals surface area contributed by atoms with Crippen LogP contribution in [-0.2, 0) is 7.05 Å². The summed E-state index contributed by atoms with van der Waals surface area (Å²) in [5, 5.41) is 7.70. The van der Waals surface area contributed by atoms with Crippen LogP contribution in [0.1, 0.15) is 11.1 Å². The van der Waals surface area contributed by atoms with E-state index in [4.69, 9.17) is 4.42 Å². The summed E-state index contributed by atoms with van der Waals surface area (Å²) in [6, 6.07) is 26.7. The van der Waals surface area contributed by atoms with E-state index in [0.29, 0.717) is 0 Å². The first-order chi connectivity index (χ1) is 17.6. The largest absolute Gasteiger partial charge is 0.455 e. The molecule has 8 rings (SSSR count). The maximum Gasteiger partial charge on any atom is 0.234 e. The molecule has 4 aromatic carbocycles. The van der Waals surface area contributed by atoms with Crippen LogP contribution in [0.3, 0.4) is 0 Å². The van der Waals surface area contributed by atoms with Crippen molar-refractivity contribution in [3.8, 4) is 11.3 Å². The van der Waals surface area contributed by atoms with E-state index in [1.54, 1.807) is 0 Å². The zero-order valence-corrected chi connectivity index (χ0v) is 21.8. The third-order valence-electron chi connectivity index (χ3n) is 7.50. The van der Waals surface area contributed by atoms with E-state index in [2.05, 4.69) is 104 Å². The summed E-state index contributed by atoms with van der Waals surface area (Å²) in [6.07, 6.45) is 2.20. The number of nitrogens with zero attached hydrogens (tertiary/aromatic N) is 1. The van der Waals surface area contributed by atoms with Gasteiger partial charge < -0.3 is 4.42 Å². The standard InChI is InChI=1S/C32H22NOS2/c1-17-8-10-19-21-11-9-18(2)29(31(21)34-25(19)14-17)30-32-22(12-13-33(30)3)24-16-27-23(15-28(24)36-32)20-6-4-5-7-26(20)35-27/h4-16H,1-3H3/q+1. The molecule has 0 amide bonds. The summed E-state index contributed by atoms with van der Waals surface area (Å²) in [6.45, 7) is 4.31. The van der Waals surface area contributed by atoms with Crippen molar-refractivity contribution in [2.45, 2.75) is 13.8 Å². The Morgan fingerprint density at radius 1 is 0.667 bits per heavy atom. The lowest BCUT2D eigenvalue weighted by molar-refractivity contribution is -0.659. The van der Waals surface area contributed by atoms with Gasteiger partial charge in [0.15, 0.2) is 6.20 Å². The molecular formula is C32H22NOS2+. The Labute approximate surface area is 215 Å². The fourth-order valence-electron chi connectivity index (χ4n) is 5.73. The van der Waals surface area contributed by atoms with Crippen LogP contribution in [0.25, 0.3) is 73.5 Å². The number of fused-ring (bicyclic) bond motifs is 9. The number of thiophene rings is 2. The Morgan fingerprint density at radius 3 is 2.33 bits per heavy atom. The van der Waals surface area contributed by atoms with Gasteiger partial charge in [-0.05, 0) is 49.2 Å². The molecule has 4 heteroatoms. The molecule has 172 valence electrons. The molecule has 0 fully saturated rings. The molecule has 0 saturated carbocycles. The fraction of sp³-hybridized carbons (Fsp3) is 0.0938. The molecule has 0 unspecified atom stereocenters. The van der Waals surface area contributed by atoms with Gasteiger partial charge in [-0.1, -0.05) is 42.5 Å². The van der Waals surface area contributed by atoms with Crippen molar-refractivity contribution in [3.63, 3.8) is 0 Å². The molecular weight excluding hydrogens is 478 g/mol.